The van der Waals surface area contributed by atoms with E-state index in [1.807, 2.05) is 0 Å². The summed E-state index contributed by atoms with van der Waals surface area (Å²) in [6, 6.07) is 0.830. The molecule has 2 unspecified atom stereocenters. The molecule has 0 saturated carbocycles. The molecule has 1 aliphatic rings. The summed E-state index contributed by atoms with van der Waals surface area (Å²) in [7, 11) is 0. The number of rotatable bonds is 3. The zero-order valence-corrected chi connectivity index (χ0v) is 7.19. The van der Waals surface area contributed by atoms with Crippen LogP contribution in [0.5, 0.6) is 0 Å². The van der Waals surface area contributed by atoms with Crippen LogP contribution >= 0.6 is 0 Å². The molecule has 0 bridgehead atoms. The van der Waals surface area contributed by atoms with Gasteiger partial charge >= 0.3 is 0 Å². The third-order valence-electron chi connectivity index (χ3n) is 2.50. The molecular formula is C9H19N. The fourth-order valence-corrected chi connectivity index (χ4v) is 1.84. The van der Waals surface area contributed by atoms with E-state index in [1.54, 1.807) is 0 Å². The molecule has 1 fully saturated rings. The van der Waals surface area contributed by atoms with Gasteiger partial charge in [-0.2, -0.15) is 0 Å². The van der Waals surface area contributed by atoms with Crippen molar-refractivity contribution in [3.8, 4) is 0 Å². The van der Waals surface area contributed by atoms with Crippen LogP contribution in [0.15, 0.2) is 0 Å². The van der Waals surface area contributed by atoms with Gasteiger partial charge in [-0.3, -0.25) is 0 Å². The van der Waals surface area contributed by atoms with E-state index in [1.165, 1.54) is 32.2 Å². The third-order valence-corrected chi connectivity index (χ3v) is 2.50. The average Bonchev–Trinajstić information content (AvgIpc) is 2.37. The molecule has 1 N–H and O–H groups in total. The van der Waals surface area contributed by atoms with Crippen molar-refractivity contribution in [2.24, 2.45) is 5.92 Å². The predicted octanol–water partition coefficient (Wildman–Crippen LogP) is 2.17. The fourth-order valence-electron chi connectivity index (χ4n) is 1.84. The van der Waals surface area contributed by atoms with Crippen molar-refractivity contribution in [2.45, 2.75) is 45.6 Å². The minimum absolute atomic E-state index is 0.830. The molecule has 0 amide bonds. The second kappa shape index (κ2) is 3.97. The van der Waals surface area contributed by atoms with Crippen LogP contribution in [-0.4, -0.2) is 12.6 Å². The summed E-state index contributed by atoms with van der Waals surface area (Å²) >= 11 is 0. The molecule has 0 aliphatic carbocycles. The van der Waals surface area contributed by atoms with Gasteiger partial charge in [-0.25, -0.2) is 0 Å². The Morgan fingerprint density at radius 2 is 2.20 bits per heavy atom. The van der Waals surface area contributed by atoms with Gasteiger partial charge in [0.2, 0.25) is 0 Å². The SMILES string of the molecule is CCCC1CNC(CC)C1. The van der Waals surface area contributed by atoms with Gasteiger partial charge in [-0.05, 0) is 31.7 Å². The first-order valence-electron chi connectivity index (χ1n) is 4.60. The first kappa shape index (κ1) is 8.06. The highest BCUT2D eigenvalue weighted by molar-refractivity contribution is 4.79. The van der Waals surface area contributed by atoms with Crippen molar-refractivity contribution < 1.29 is 0 Å². The highest BCUT2D eigenvalue weighted by atomic mass is 14.9. The minimum Gasteiger partial charge on any atom is -0.314 e. The quantitative estimate of drug-likeness (QED) is 0.635. The molecule has 0 aromatic heterocycles. The van der Waals surface area contributed by atoms with Crippen molar-refractivity contribution in [3.63, 3.8) is 0 Å². The largest absolute Gasteiger partial charge is 0.314 e. The Labute approximate surface area is 64.2 Å². The third kappa shape index (κ3) is 1.98. The number of hydrogen-bond donors (Lipinski definition) is 1. The molecule has 0 aromatic carbocycles. The monoisotopic (exact) mass is 141 g/mol. The van der Waals surface area contributed by atoms with Gasteiger partial charge in [0.15, 0.2) is 0 Å². The van der Waals surface area contributed by atoms with Crippen molar-refractivity contribution in [1.82, 2.24) is 5.32 Å². The van der Waals surface area contributed by atoms with E-state index in [2.05, 4.69) is 19.2 Å². The van der Waals surface area contributed by atoms with Crippen LogP contribution in [0.1, 0.15) is 39.5 Å². The lowest BCUT2D eigenvalue weighted by Crippen LogP contribution is -2.19. The maximum absolute atomic E-state index is 3.54. The van der Waals surface area contributed by atoms with Gasteiger partial charge in [0.1, 0.15) is 0 Å². The van der Waals surface area contributed by atoms with E-state index in [0.717, 1.165) is 12.0 Å². The standard InChI is InChI=1S/C9H19N/c1-3-5-8-6-9(4-2)10-7-8/h8-10H,3-7H2,1-2H3. The predicted molar refractivity (Wildman–Crippen MR) is 45.1 cm³/mol. The summed E-state index contributed by atoms with van der Waals surface area (Å²) in [5, 5.41) is 3.54. The topological polar surface area (TPSA) is 12.0 Å². The van der Waals surface area contributed by atoms with Gasteiger partial charge in [0.25, 0.3) is 0 Å². The van der Waals surface area contributed by atoms with Gasteiger partial charge in [-0.15, -0.1) is 0 Å². The summed E-state index contributed by atoms with van der Waals surface area (Å²) in [5.74, 6) is 0.981. The summed E-state index contributed by atoms with van der Waals surface area (Å²) in [5.41, 5.74) is 0. The molecular weight excluding hydrogens is 122 g/mol. The van der Waals surface area contributed by atoms with Crippen molar-refractivity contribution in [1.29, 1.82) is 0 Å². The van der Waals surface area contributed by atoms with E-state index in [4.69, 9.17) is 0 Å². The zero-order valence-electron chi connectivity index (χ0n) is 7.19. The Bertz CT molecular complexity index is 90.7. The second-order valence-corrected chi connectivity index (χ2v) is 3.40. The van der Waals surface area contributed by atoms with Gasteiger partial charge in [0, 0.05) is 6.04 Å². The van der Waals surface area contributed by atoms with Crippen LogP contribution in [-0.2, 0) is 0 Å². The molecule has 0 aromatic rings. The lowest BCUT2D eigenvalue weighted by Gasteiger charge is -2.05. The molecule has 10 heavy (non-hydrogen) atoms. The van der Waals surface area contributed by atoms with Crippen LogP contribution < -0.4 is 5.32 Å². The zero-order chi connectivity index (χ0) is 7.40. The maximum atomic E-state index is 3.54. The van der Waals surface area contributed by atoms with Crippen LogP contribution in [0.25, 0.3) is 0 Å². The minimum atomic E-state index is 0.830. The molecule has 1 saturated heterocycles. The Morgan fingerprint density at radius 1 is 1.40 bits per heavy atom. The van der Waals surface area contributed by atoms with Crippen molar-refractivity contribution in [2.75, 3.05) is 6.54 Å². The normalized spacial score (nSPS) is 33.0. The molecule has 1 nitrogen and oxygen atoms in total. The highest BCUT2D eigenvalue weighted by Crippen LogP contribution is 2.20. The van der Waals surface area contributed by atoms with Crippen molar-refractivity contribution in [3.05, 3.63) is 0 Å². The van der Waals surface area contributed by atoms with E-state index in [0.29, 0.717) is 0 Å². The lowest BCUT2D eigenvalue weighted by atomic mass is 10.00. The first-order valence-corrected chi connectivity index (χ1v) is 4.60. The van der Waals surface area contributed by atoms with E-state index in [-0.39, 0.29) is 0 Å². The van der Waals surface area contributed by atoms with E-state index < -0.39 is 0 Å². The first-order chi connectivity index (χ1) is 4.86. The van der Waals surface area contributed by atoms with Crippen LogP contribution in [0.4, 0.5) is 0 Å². The number of hydrogen-bond acceptors (Lipinski definition) is 1. The Balaban J connectivity index is 2.15. The highest BCUT2D eigenvalue weighted by Gasteiger charge is 2.20. The molecule has 1 rings (SSSR count). The van der Waals surface area contributed by atoms with Crippen LogP contribution in [0.3, 0.4) is 0 Å². The Morgan fingerprint density at radius 3 is 2.70 bits per heavy atom. The Kier molecular flexibility index (Phi) is 3.20. The summed E-state index contributed by atoms with van der Waals surface area (Å²) < 4.78 is 0. The van der Waals surface area contributed by atoms with E-state index in [9.17, 15) is 0 Å². The molecule has 0 spiro atoms. The average molecular weight is 141 g/mol. The molecule has 1 aliphatic heterocycles. The van der Waals surface area contributed by atoms with Gasteiger partial charge < -0.3 is 5.32 Å². The second-order valence-electron chi connectivity index (χ2n) is 3.40. The molecule has 60 valence electrons. The smallest absolute Gasteiger partial charge is 0.00676 e. The molecule has 2 atom stereocenters. The van der Waals surface area contributed by atoms with Crippen molar-refractivity contribution >= 4 is 0 Å². The number of nitrogens with one attached hydrogen (secondary N) is 1. The fraction of sp³-hybridized carbons (Fsp3) is 1.00. The summed E-state index contributed by atoms with van der Waals surface area (Å²) in [6.07, 6.45) is 5.50. The van der Waals surface area contributed by atoms with E-state index >= 15 is 0 Å². The van der Waals surface area contributed by atoms with Crippen LogP contribution in [0, 0.1) is 5.92 Å². The molecule has 1 heterocycles. The summed E-state index contributed by atoms with van der Waals surface area (Å²) in [6.45, 7) is 5.82. The van der Waals surface area contributed by atoms with Crippen LogP contribution in [0.2, 0.25) is 0 Å². The van der Waals surface area contributed by atoms with Gasteiger partial charge in [-0.1, -0.05) is 20.3 Å². The van der Waals surface area contributed by atoms with Gasteiger partial charge in [0.05, 0.1) is 0 Å². The summed E-state index contributed by atoms with van der Waals surface area (Å²) in [4.78, 5) is 0. The Hall–Kier alpha value is -0.0400. The lowest BCUT2D eigenvalue weighted by molar-refractivity contribution is 0.503. The maximum Gasteiger partial charge on any atom is 0.00676 e. The molecule has 0 radical (unpaired) electrons. The molecule has 1 heteroatoms.